The Morgan fingerprint density at radius 1 is 1.24 bits per heavy atom. The van der Waals surface area contributed by atoms with Crippen LogP contribution in [-0.2, 0) is 16.1 Å². The molecular weight excluding hydrogens is 320 g/mol. The largest absolute Gasteiger partial charge is 0.445 e. The Morgan fingerprint density at radius 2 is 1.92 bits per heavy atom. The molecule has 1 unspecified atom stereocenters. The van der Waals surface area contributed by atoms with Crippen LogP contribution in [0.1, 0.15) is 46.1 Å². The van der Waals surface area contributed by atoms with E-state index in [4.69, 9.17) is 9.47 Å². The van der Waals surface area contributed by atoms with E-state index in [1.807, 2.05) is 58.0 Å². The van der Waals surface area contributed by atoms with E-state index >= 15 is 0 Å². The molecule has 0 bridgehead atoms. The van der Waals surface area contributed by atoms with Crippen LogP contribution < -0.4 is 5.32 Å². The highest BCUT2D eigenvalue weighted by atomic mass is 16.6. The molecule has 0 saturated carbocycles. The molecule has 1 aromatic carbocycles. The lowest BCUT2D eigenvalue weighted by molar-refractivity contribution is 0.00940. The van der Waals surface area contributed by atoms with Crippen molar-refractivity contribution >= 4 is 12.2 Å². The number of piperidine rings is 1. The maximum absolute atomic E-state index is 12.2. The first kappa shape index (κ1) is 19.1. The third-order valence-corrected chi connectivity index (χ3v) is 4.04. The number of nitrogens with zero attached hydrogens (tertiary/aromatic N) is 1. The van der Waals surface area contributed by atoms with Crippen LogP contribution in [0.3, 0.4) is 0 Å². The molecule has 2 rings (SSSR count). The predicted octanol–water partition coefficient (Wildman–Crippen LogP) is 3.70. The van der Waals surface area contributed by atoms with Gasteiger partial charge >= 0.3 is 12.2 Å². The Morgan fingerprint density at radius 3 is 2.52 bits per heavy atom. The number of benzene rings is 1. The van der Waals surface area contributed by atoms with Gasteiger partial charge in [0.25, 0.3) is 0 Å². The molecule has 1 aromatic rings. The summed E-state index contributed by atoms with van der Waals surface area (Å²) in [7, 11) is 0. The van der Waals surface area contributed by atoms with Crippen molar-refractivity contribution in [2.45, 2.75) is 64.8 Å². The third kappa shape index (κ3) is 6.29. The molecule has 0 aliphatic carbocycles. The van der Waals surface area contributed by atoms with E-state index in [0.717, 1.165) is 5.56 Å². The fraction of sp³-hybridized carbons (Fsp3) is 0.579. The standard InChI is InChI=1S/C19H28N2O4/c1-14-12-16(10-11-21(14)18(23)25-19(2,3)4)20-17(22)24-13-15-8-6-5-7-9-15/h5-9,14,16H,10-13H2,1-4H3,(H,20,22)/t14-,16?/m0/s1. The van der Waals surface area contributed by atoms with Crippen molar-refractivity contribution in [2.75, 3.05) is 6.54 Å². The minimum Gasteiger partial charge on any atom is -0.445 e. The van der Waals surface area contributed by atoms with Gasteiger partial charge in [-0.15, -0.1) is 0 Å². The topological polar surface area (TPSA) is 67.9 Å². The first-order valence-electron chi connectivity index (χ1n) is 8.71. The number of carbonyl (C=O) groups is 2. The van der Waals surface area contributed by atoms with Crippen LogP contribution in [0.2, 0.25) is 0 Å². The molecule has 2 amide bonds. The number of ether oxygens (including phenoxy) is 2. The Hall–Kier alpha value is -2.24. The second kappa shape index (κ2) is 8.23. The molecule has 6 nitrogen and oxygen atoms in total. The summed E-state index contributed by atoms with van der Waals surface area (Å²) < 4.78 is 10.7. The Labute approximate surface area is 149 Å². The molecule has 1 fully saturated rings. The lowest BCUT2D eigenvalue weighted by atomic mass is 9.99. The molecule has 25 heavy (non-hydrogen) atoms. The average molecular weight is 348 g/mol. The molecule has 1 saturated heterocycles. The van der Waals surface area contributed by atoms with Crippen molar-refractivity contribution in [1.29, 1.82) is 0 Å². The van der Waals surface area contributed by atoms with Crippen molar-refractivity contribution in [1.82, 2.24) is 10.2 Å². The molecule has 138 valence electrons. The number of nitrogens with one attached hydrogen (secondary N) is 1. The van der Waals surface area contributed by atoms with Gasteiger partial charge in [-0.2, -0.15) is 0 Å². The SMILES string of the molecule is C[C@H]1CC(NC(=O)OCc2ccccc2)CCN1C(=O)OC(C)(C)C. The number of carbonyl (C=O) groups excluding carboxylic acids is 2. The number of hydrogen-bond acceptors (Lipinski definition) is 4. The molecule has 0 radical (unpaired) electrons. The molecule has 1 heterocycles. The molecular formula is C19H28N2O4. The summed E-state index contributed by atoms with van der Waals surface area (Å²) in [5.41, 5.74) is 0.443. The summed E-state index contributed by atoms with van der Waals surface area (Å²) in [4.78, 5) is 25.9. The summed E-state index contributed by atoms with van der Waals surface area (Å²) >= 11 is 0. The first-order chi connectivity index (χ1) is 11.7. The average Bonchev–Trinajstić information content (AvgIpc) is 2.52. The van der Waals surface area contributed by atoms with Gasteiger partial charge in [0.05, 0.1) is 0 Å². The van der Waals surface area contributed by atoms with Crippen LogP contribution in [-0.4, -0.2) is 41.3 Å². The van der Waals surface area contributed by atoms with Crippen molar-refractivity contribution in [3.63, 3.8) is 0 Å². The maximum atomic E-state index is 12.2. The zero-order chi connectivity index (χ0) is 18.4. The van der Waals surface area contributed by atoms with Crippen molar-refractivity contribution in [2.24, 2.45) is 0 Å². The van der Waals surface area contributed by atoms with Crippen LogP contribution >= 0.6 is 0 Å². The number of amides is 2. The Bertz CT molecular complexity index is 583. The Kier molecular flexibility index (Phi) is 6.28. The lowest BCUT2D eigenvalue weighted by Gasteiger charge is -2.38. The molecule has 2 atom stereocenters. The van der Waals surface area contributed by atoms with E-state index in [1.165, 1.54) is 0 Å². The zero-order valence-corrected chi connectivity index (χ0v) is 15.5. The first-order valence-corrected chi connectivity index (χ1v) is 8.71. The monoisotopic (exact) mass is 348 g/mol. The van der Waals surface area contributed by atoms with Gasteiger partial charge in [0.1, 0.15) is 12.2 Å². The van der Waals surface area contributed by atoms with Gasteiger partial charge in [-0.05, 0) is 46.1 Å². The second-order valence-corrected chi connectivity index (χ2v) is 7.45. The van der Waals surface area contributed by atoms with E-state index in [2.05, 4.69) is 5.32 Å². The molecule has 0 spiro atoms. The molecule has 6 heteroatoms. The van der Waals surface area contributed by atoms with Gasteiger partial charge in [-0.1, -0.05) is 30.3 Å². The van der Waals surface area contributed by atoms with Crippen LogP contribution in [0.4, 0.5) is 9.59 Å². The zero-order valence-electron chi connectivity index (χ0n) is 15.5. The molecule has 1 aliphatic rings. The predicted molar refractivity (Wildman–Crippen MR) is 95.2 cm³/mol. The molecule has 0 aromatic heterocycles. The number of rotatable bonds is 3. The molecule has 1 N–H and O–H groups in total. The van der Waals surface area contributed by atoms with Crippen LogP contribution in [0.15, 0.2) is 30.3 Å². The second-order valence-electron chi connectivity index (χ2n) is 7.45. The van der Waals surface area contributed by atoms with Gasteiger partial charge in [-0.3, -0.25) is 0 Å². The van der Waals surface area contributed by atoms with Gasteiger partial charge in [0, 0.05) is 18.6 Å². The van der Waals surface area contributed by atoms with Crippen molar-refractivity contribution in [3.8, 4) is 0 Å². The molecule has 1 aliphatic heterocycles. The van der Waals surface area contributed by atoms with Crippen LogP contribution in [0.25, 0.3) is 0 Å². The van der Waals surface area contributed by atoms with E-state index in [9.17, 15) is 9.59 Å². The lowest BCUT2D eigenvalue weighted by Crippen LogP contribution is -2.52. The number of alkyl carbamates (subject to hydrolysis) is 1. The van der Waals surface area contributed by atoms with E-state index < -0.39 is 11.7 Å². The smallest absolute Gasteiger partial charge is 0.410 e. The van der Waals surface area contributed by atoms with Crippen molar-refractivity contribution < 1.29 is 19.1 Å². The summed E-state index contributed by atoms with van der Waals surface area (Å²) in [6.07, 6.45) is 0.640. The maximum Gasteiger partial charge on any atom is 0.410 e. The van der Waals surface area contributed by atoms with Crippen LogP contribution in [0.5, 0.6) is 0 Å². The van der Waals surface area contributed by atoms with Crippen LogP contribution in [0, 0.1) is 0 Å². The quantitative estimate of drug-likeness (QED) is 0.904. The third-order valence-electron chi connectivity index (χ3n) is 4.04. The number of likely N-dealkylation sites (tertiary alicyclic amines) is 1. The van der Waals surface area contributed by atoms with Gasteiger partial charge in [0.2, 0.25) is 0 Å². The van der Waals surface area contributed by atoms with Gasteiger partial charge in [-0.25, -0.2) is 9.59 Å². The summed E-state index contributed by atoms with van der Waals surface area (Å²) in [5, 5.41) is 2.89. The summed E-state index contributed by atoms with van der Waals surface area (Å²) in [6, 6.07) is 9.56. The summed E-state index contributed by atoms with van der Waals surface area (Å²) in [6.45, 7) is 8.33. The van der Waals surface area contributed by atoms with E-state index in [0.29, 0.717) is 19.4 Å². The van der Waals surface area contributed by atoms with Crippen molar-refractivity contribution in [3.05, 3.63) is 35.9 Å². The van der Waals surface area contributed by atoms with E-state index in [-0.39, 0.29) is 24.8 Å². The summed E-state index contributed by atoms with van der Waals surface area (Å²) in [5.74, 6) is 0. The Balaban J connectivity index is 1.76. The van der Waals surface area contributed by atoms with E-state index in [1.54, 1.807) is 4.90 Å². The highest BCUT2D eigenvalue weighted by Crippen LogP contribution is 2.20. The number of hydrogen-bond donors (Lipinski definition) is 1. The normalized spacial score (nSPS) is 20.7. The fourth-order valence-electron chi connectivity index (χ4n) is 2.83. The van der Waals surface area contributed by atoms with Gasteiger partial charge < -0.3 is 19.7 Å². The fourth-order valence-corrected chi connectivity index (χ4v) is 2.83. The highest BCUT2D eigenvalue weighted by molar-refractivity contribution is 5.69. The van der Waals surface area contributed by atoms with Gasteiger partial charge in [0.15, 0.2) is 0 Å². The minimum atomic E-state index is -0.507. The highest BCUT2D eigenvalue weighted by Gasteiger charge is 2.32. The minimum absolute atomic E-state index is 0.00280.